The SMILES string of the molecule is CS(=O)(=O)c1ccc(OCCCCC2CCN(CC(F)(F)F)CC2)cc1. The Kier molecular flexibility index (Phi) is 7.34. The van der Waals surface area contributed by atoms with Gasteiger partial charge in [-0.2, -0.15) is 13.2 Å². The number of piperidine rings is 1. The lowest BCUT2D eigenvalue weighted by Crippen LogP contribution is -2.40. The lowest BCUT2D eigenvalue weighted by atomic mass is 9.91. The largest absolute Gasteiger partial charge is 0.494 e. The Bertz CT molecular complexity index is 651. The third-order valence-corrected chi connectivity index (χ3v) is 5.77. The van der Waals surface area contributed by atoms with Crippen molar-refractivity contribution in [3.63, 3.8) is 0 Å². The van der Waals surface area contributed by atoms with E-state index in [1.807, 2.05) is 0 Å². The maximum Gasteiger partial charge on any atom is 0.401 e. The van der Waals surface area contributed by atoms with Gasteiger partial charge in [-0.1, -0.05) is 6.42 Å². The van der Waals surface area contributed by atoms with Crippen LogP contribution in [0.5, 0.6) is 5.75 Å². The summed E-state index contributed by atoms with van der Waals surface area (Å²) in [5.74, 6) is 1.13. The summed E-state index contributed by atoms with van der Waals surface area (Å²) in [4.78, 5) is 1.75. The van der Waals surface area contributed by atoms with Gasteiger partial charge in [0, 0.05) is 6.26 Å². The van der Waals surface area contributed by atoms with Crippen LogP contribution in [0.4, 0.5) is 13.2 Å². The number of likely N-dealkylation sites (tertiary alicyclic amines) is 1. The second-order valence-electron chi connectivity index (χ2n) is 6.92. The molecular weight excluding hydrogens is 367 g/mol. The van der Waals surface area contributed by atoms with Gasteiger partial charge in [0.15, 0.2) is 9.84 Å². The first-order valence-electron chi connectivity index (χ1n) is 8.85. The Morgan fingerprint density at radius 2 is 1.73 bits per heavy atom. The number of sulfone groups is 1. The van der Waals surface area contributed by atoms with Gasteiger partial charge in [0.1, 0.15) is 5.75 Å². The molecule has 148 valence electrons. The highest BCUT2D eigenvalue weighted by molar-refractivity contribution is 7.90. The van der Waals surface area contributed by atoms with Crippen LogP contribution in [-0.2, 0) is 9.84 Å². The van der Waals surface area contributed by atoms with E-state index in [-0.39, 0.29) is 4.90 Å². The molecular formula is C18H26F3NO3S. The van der Waals surface area contributed by atoms with Gasteiger partial charge in [-0.15, -0.1) is 0 Å². The summed E-state index contributed by atoms with van der Waals surface area (Å²) < 4.78 is 65.5. The smallest absolute Gasteiger partial charge is 0.401 e. The van der Waals surface area contributed by atoms with E-state index in [1.54, 1.807) is 12.1 Å². The predicted molar refractivity (Wildman–Crippen MR) is 94.1 cm³/mol. The van der Waals surface area contributed by atoms with E-state index in [9.17, 15) is 21.6 Å². The number of rotatable bonds is 8. The highest BCUT2D eigenvalue weighted by Gasteiger charge is 2.32. The molecule has 0 saturated carbocycles. The molecule has 1 aliphatic rings. The number of hydrogen-bond acceptors (Lipinski definition) is 4. The van der Waals surface area contributed by atoms with Crippen LogP contribution in [0.1, 0.15) is 32.1 Å². The van der Waals surface area contributed by atoms with E-state index in [0.717, 1.165) is 38.4 Å². The lowest BCUT2D eigenvalue weighted by Gasteiger charge is -2.32. The van der Waals surface area contributed by atoms with Gasteiger partial charge in [-0.3, -0.25) is 4.90 Å². The van der Waals surface area contributed by atoms with Crippen molar-refractivity contribution >= 4 is 9.84 Å². The van der Waals surface area contributed by atoms with Gasteiger partial charge in [0.2, 0.25) is 0 Å². The Morgan fingerprint density at radius 1 is 1.12 bits per heavy atom. The van der Waals surface area contributed by atoms with Crippen molar-refractivity contribution in [3.05, 3.63) is 24.3 Å². The molecule has 4 nitrogen and oxygen atoms in total. The Hall–Kier alpha value is -1.28. The molecule has 1 aromatic rings. The zero-order valence-corrected chi connectivity index (χ0v) is 15.8. The lowest BCUT2D eigenvalue weighted by molar-refractivity contribution is -0.148. The minimum absolute atomic E-state index is 0.265. The molecule has 8 heteroatoms. The number of alkyl halides is 3. The van der Waals surface area contributed by atoms with Gasteiger partial charge in [-0.25, -0.2) is 8.42 Å². The van der Waals surface area contributed by atoms with Crippen LogP contribution in [0.2, 0.25) is 0 Å². The first kappa shape index (κ1) is 21.0. The van der Waals surface area contributed by atoms with Crippen LogP contribution < -0.4 is 4.74 Å². The fourth-order valence-electron chi connectivity index (χ4n) is 3.19. The molecule has 0 spiro atoms. The molecule has 26 heavy (non-hydrogen) atoms. The van der Waals surface area contributed by atoms with Crippen molar-refractivity contribution in [1.29, 1.82) is 0 Å². The number of halogens is 3. The Labute approximate surface area is 153 Å². The summed E-state index contributed by atoms with van der Waals surface area (Å²) in [6, 6.07) is 6.35. The standard InChI is InChI=1S/C18H26F3NO3S/c1-26(23,24)17-7-5-16(6-8-17)25-13-3-2-4-15-9-11-22(12-10-15)14-18(19,20)21/h5-8,15H,2-4,9-14H2,1H3. The number of nitrogens with zero attached hydrogens (tertiary/aromatic N) is 1. The fraction of sp³-hybridized carbons (Fsp3) is 0.667. The van der Waals surface area contributed by atoms with E-state index in [1.165, 1.54) is 17.0 Å². The molecule has 0 radical (unpaired) electrons. The van der Waals surface area contributed by atoms with E-state index < -0.39 is 22.6 Å². The molecule has 0 aromatic heterocycles. The molecule has 2 rings (SSSR count). The minimum atomic E-state index is -4.11. The van der Waals surface area contributed by atoms with Crippen molar-refractivity contribution in [2.24, 2.45) is 5.92 Å². The molecule has 1 fully saturated rings. The van der Waals surface area contributed by atoms with Crippen molar-refractivity contribution in [3.8, 4) is 5.75 Å². The average molecular weight is 393 g/mol. The van der Waals surface area contributed by atoms with Crippen molar-refractivity contribution in [1.82, 2.24) is 4.90 Å². The quantitative estimate of drug-likeness (QED) is 0.628. The van der Waals surface area contributed by atoms with Crippen LogP contribution in [-0.4, -0.2) is 52.0 Å². The van der Waals surface area contributed by atoms with E-state index >= 15 is 0 Å². The molecule has 1 heterocycles. The molecule has 0 amide bonds. The molecule has 1 aromatic carbocycles. The number of unbranched alkanes of at least 4 members (excludes halogenated alkanes) is 1. The normalized spacial score (nSPS) is 17.4. The van der Waals surface area contributed by atoms with Gasteiger partial charge in [-0.05, 0) is 69.0 Å². The van der Waals surface area contributed by atoms with Crippen LogP contribution in [0.25, 0.3) is 0 Å². The molecule has 0 bridgehead atoms. The summed E-state index contributed by atoms with van der Waals surface area (Å²) in [6.45, 7) is 0.789. The molecule has 1 saturated heterocycles. The maximum atomic E-state index is 12.4. The monoisotopic (exact) mass is 393 g/mol. The molecule has 0 unspecified atom stereocenters. The summed E-state index contributed by atoms with van der Waals surface area (Å²) in [7, 11) is -3.20. The Balaban J connectivity index is 1.59. The number of benzene rings is 1. The minimum Gasteiger partial charge on any atom is -0.494 e. The van der Waals surface area contributed by atoms with Crippen LogP contribution in [0.15, 0.2) is 29.2 Å². The Morgan fingerprint density at radius 3 is 2.27 bits per heavy atom. The summed E-state index contributed by atoms with van der Waals surface area (Å²) in [5.41, 5.74) is 0. The van der Waals surface area contributed by atoms with Crippen molar-refractivity contribution in [2.75, 3.05) is 32.5 Å². The molecule has 0 N–H and O–H groups in total. The number of hydrogen-bond donors (Lipinski definition) is 0. The van der Waals surface area contributed by atoms with Crippen molar-refractivity contribution < 1.29 is 26.3 Å². The van der Waals surface area contributed by atoms with Gasteiger partial charge in [0.25, 0.3) is 0 Å². The van der Waals surface area contributed by atoms with E-state index in [0.29, 0.717) is 31.4 Å². The van der Waals surface area contributed by atoms with Gasteiger partial charge in [0.05, 0.1) is 18.0 Å². The summed E-state index contributed by atoms with van der Waals surface area (Å²) >= 11 is 0. The van der Waals surface area contributed by atoms with E-state index in [2.05, 4.69) is 0 Å². The third kappa shape index (κ3) is 7.53. The zero-order chi connectivity index (χ0) is 19.2. The van der Waals surface area contributed by atoms with Gasteiger partial charge >= 0.3 is 6.18 Å². The topological polar surface area (TPSA) is 46.6 Å². The van der Waals surface area contributed by atoms with Crippen LogP contribution in [0, 0.1) is 5.92 Å². The zero-order valence-electron chi connectivity index (χ0n) is 15.0. The fourth-order valence-corrected chi connectivity index (χ4v) is 3.83. The average Bonchev–Trinajstić information content (AvgIpc) is 2.54. The van der Waals surface area contributed by atoms with Crippen molar-refractivity contribution in [2.45, 2.75) is 43.2 Å². The van der Waals surface area contributed by atoms with Gasteiger partial charge < -0.3 is 4.74 Å². The molecule has 0 atom stereocenters. The highest BCUT2D eigenvalue weighted by Crippen LogP contribution is 2.25. The third-order valence-electron chi connectivity index (χ3n) is 4.64. The van der Waals surface area contributed by atoms with Crippen LogP contribution in [0.3, 0.4) is 0 Å². The van der Waals surface area contributed by atoms with E-state index in [4.69, 9.17) is 4.74 Å². The highest BCUT2D eigenvalue weighted by atomic mass is 32.2. The molecule has 0 aliphatic carbocycles. The number of ether oxygens (including phenoxy) is 1. The second kappa shape index (κ2) is 9.08. The summed E-state index contributed by atoms with van der Waals surface area (Å²) in [6.07, 6.45) is 1.56. The first-order chi connectivity index (χ1) is 12.1. The summed E-state index contributed by atoms with van der Waals surface area (Å²) in [5, 5.41) is 0. The van der Waals surface area contributed by atoms with Crippen LogP contribution >= 0.6 is 0 Å². The second-order valence-corrected chi connectivity index (χ2v) is 8.94. The predicted octanol–water partition coefficient (Wildman–Crippen LogP) is 3.91. The molecule has 1 aliphatic heterocycles. The first-order valence-corrected chi connectivity index (χ1v) is 10.7. The maximum absolute atomic E-state index is 12.4.